The largest absolute Gasteiger partial charge is 0.389 e. The van der Waals surface area contributed by atoms with Gasteiger partial charge in [-0.3, -0.25) is 4.79 Å². The van der Waals surface area contributed by atoms with E-state index in [2.05, 4.69) is 20.3 Å². The number of anilines is 1. The Balaban J connectivity index is 2.00. The van der Waals surface area contributed by atoms with Crippen molar-refractivity contribution in [1.82, 2.24) is 20.3 Å². The number of hydrogen-bond donors (Lipinski definition) is 3. The van der Waals surface area contributed by atoms with Gasteiger partial charge in [0, 0.05) is 37.5 Å². The molecule has 1 aliphatic heterocycles. The summed E-state index contributed by atoms with van der Waals surface area (Å²) in [6, 6.07) is 2.53. The summed E-state index contributed by atoms with van der Waals surface area (Å²) in [6.45, 7) is 5.05. The van der Waals surface area contributed by atoms with E-state index in [1.807, 2.05) is 4.90 Å². The predicted molar refractivity (Wildman–Crippen MR) is 93.4 cm³/mol. The van der Waals surface area contributed by atoms with Crippen molar-refractivity contribution in [3.8, 4) is 11.4 Å². The molecule has 0 radical (unpaired) electrons. The van der Waals surface area contributed by atoms with Crippen LogP contribution in [0.5, 0.6) is 0 Å². The van der Waals surface area contributed by atoms with Crippen LogP contribution in [-0.2, 0) is 0 Å². The van der Waals surface area contributed by atoms with E-state index in [0.717, 1.165) is 0 Å². The molecule has 0 amide bonds. The standard InChI is InChI=1S/C16H19ClFN5O2/c1-16(2,25)10-8-23(6-5-19-10)14-12(17)15(24)22-13(21-14)9-3-4-20-11(18)7-9/h3-4,7,10,19,25H,5-6,8H2,1-2H3,(H,21,22,24)/t10-/m1/s1. The molecular weight excluding hydrogens is 349 g/mol. The van der Waals surface area contributed by atoms with Crippen LogP contribution >= 0.6 is 11.6 Å². The van der Waals surface area contributed by atoms with Crippen LogP contribution in [0.4, 0.5) is 10.2 Å². The first-order valence-electron chi connectivity index (χ1n) is 7.88. The minimum atomic E-state index is -0.941. The molecule has 0 aromatic carbocycles. The quantitative estimate of drug-likeness (QED) is 0.705. The van der Waals surface area contributed by atoms with Crippen molar-refractivity contribution in [2.45, 2.75) is 25.5 Å². The van der Waals surface area contributed by atoms with Crippen molar-refractivity contribution in [2.24, 2.45) is 0 Å². The van der Waals surface area contributed by atoms with Crippen molar-refractivity contribution < 1.29 is 9.50 Å². The minimum absolute atomic E-state index is 0.0327. The van der Waals surface area contributed by atoms with Crippen LogP contribution < -0.4 is 15.8 Å². The van der Waals surface area contributed by atoms with Crippen LogP contribution in [0, 0.1) is 5.95 Å². The Hall–Kier alpha value is -2.03. The van der Waals surface area contributed by atoms with Crippen molar-refractivity contribution in [1.29, 1.82) is 0 Å². The van der Waals surface area contributed by atoms with Gasteiger partial charge in [0.1, 0.15) is 10.8 Å². The van der Waals surface area contributed by atoms with Gasteiger partial charge in [0.25, 0.3) is 5.56 Å². The zero-order valence-electron chi connectivity index (χ0n) is 13.9. The molecule has 134 valence electrons. The summed E-state index contributed by atoms with van der Waals surface area (Å²) in [6.07, 6.45) is 1.30. The van der Waals surface area contributed by atoms with Gasteiger partial charge in [0.05, 0.1) is 11.6 Å². The second-order valence-electron chi connectivity index (χ2n) is 6.53. The highest BCUT2D eigenvalue weighted by molar-refractivity contribution is 6.32. The lowest BCUT2D eigenvalue weighted by Gasteiger charge is -2.40. The zero-order valence-corrected chi connectivity index (χ0v) is 14.6. The number of H-pyrrole nitrogens is 1. The summed E-state index contributed by atoms with van der Waals surface area (Å²) in [4.78, 5) is 24.5. The fourth-order valence-electron chi connectivity index (χ4n) is 2.76. The summed E-state index contributed by atoms with van der Waals surface area (Å²) in [5.41, 5.74) is -1.04. The number of aromatic nitrogens is 3. The average Bonchev–Trinajstić information content (AvgIpc) is 2.56. The molecule has 0 aliphatic carbocycles. The van der Waals surface area contributed by atoms with Gasteiger partial charge < -0.3 is 20.3 Å². The molecule has 0 unspecified atom stereocenters. The van der Waals surface area contributed by atoms with Gasteiger partial charge in [-0.1, -0.05) is 11.6 Å². The Labute approximate surface area is 148 Å². The molecule has 3 heterocycles. The maximum absolute atomic E-state index is 13.4. The number of rotatable bonds is 3. The van der Waals surface area contributed by atoms with E-state index in [0.29, 0.717) is 31.0 Å². The molecule has 1 fully saturated rings. The molecule has 0 bridgehead atoms. The number of pyridine rings is 1. The summed E-state index contributed by atoms with van der Waals surface area (Å²) < 4.78 is 13.4. The number of piperazine rings is 1. The maximum Gasteiger partial charge on any atom is 0.272 e. The molecular formula is C16H19ClFN5O2. The molecule has 2 aromatic rings. The monoisotopic (exact) mass is 367 g/mol. The number of hydrogen-bond acceptors (Lipinski definition) is 6. The summed E-state index contributed by atoms with van der Waals surface area (Å²) in [7, 11) is 0. The van der Waals surface area contributed by atoms with E-state index < -0.39 is 17.1 Å². The van der Waals surface area contributed by atoms with Crippen LogP contribution in [0.3, 0.4) is 0 Å². The SMILES string of the molecule is CC(C)(O)[C@H]1CN(c2nc(-c3ccnc(F)c3)[nH]c(=O)c2Cl)CCN1. The van der Waals surface area contributed by atoms with Crippen LogP contribution in [0.25, 0.3) is 11.4 Å². The Morgan fingerprint density at radius 1 is 1.48 bits per heavy atom. The van der Waals surface area contributed by atoms with Gasteiger partial charge in [0.15, 0.2) is 5.82 Å². The third-order valence-electron chi connectivity index (χ3n) is 4.17. The van der Waals surface area contributed by atoms with Crippen molar-refractivity contribution in [2.75, 3.05) is 24.5 Å². The average molecular weight is 368 g/mol. The van der Waals surface area contributed by atoms with Crippen molar-refractivity contribution in [3.05, 3.63) is 39.7 Å². The molecule has 7 nitrogen and oxygen atoms in total. The smallest absolute Gasteiger partial charge is 0.272 e. The van der Waals surface area contributed by atoms with Crippen LogP contribution in [0.1, 0.15) is 13.8 Å². The molecule has 1 saturated heterocycles. The minimum Gasteiger partial charge on any atom is -0.389 e. The highest BCUT2D eigenvalue weighted by atomic mass is 35.5. The van der Waals surface area contributed by atoms with Crippen LogP contribution in [0.2, 0.25) is 5.02 Å². The third-order valence-corrected chi connectivity index (χ3v) is 4.51. The number of aliphatic hydroxyl groups is 1. The van der Waals surface area contributed by atoms with E-state index in [4.69, 9.17) is 11.6 Å². The molecule has 0 saturated carbocycles. The Bertz CT molecular complexity index is 836. The highest BCUT2D eigenvalue weighted by Crippen LogP contribution is 2.25. The Morgan fingerprint density at radius 2 is 2.24 bits per heavy atom. The fraction of sp³-hybridized carbons (Fsp3) is 0.438. The molecule has 1 atom stereocenters. The first-order chi connectivity index (χ1) is 11.8. The van der Waals surface area contributed by atoms with Gasteiger partial charge in [-0.25, -0.2) is 9.97 Å². The highest BCUT2D eigenvalue weighted by Gasteiger charge is 2.32. The Kier molecular flexibility index (Phi) is 4.77. The second-order valence-corrected chi connectivity index (χ2v) is 6.90. The lowest BCUT2D eigenvalue weighted by molar-refractivity contribution is 0.0363. The topological polar surface area (TPSA) is 94.1 Å². The molecule has 2 aromatic heterocycles. The predicted octanol–water partition coefficient (Wildman–Crippen LogP) is 1.17. The normalized spacial score (nSPS) is 18.4. The zero-order chi connectivity index (χ0) is 18.2. The molecule has 1 aliphatic rings. The molecule has 0 spiro atoms. The first kappa shape index (κ1) is 17.8. The van der Waals surface area contributed by atoms with E-state index in [1.165, 1.54) is 12.3 Å². The van der Waals surface area contributed by atoms with E-state index in [-0.39, 0.29) is 16.9 Å². The van der Waals surface area contributed by atoms with Crippen LogP contribution in [0.15, 0.2) is 23.1 Å². The maximum atomic E-state index is 13.4. The van der Waals surface area contributed by atoms with E-state index in [9.17, 15) is 14.3 Å². The van der Waals surface area contributed by atoms with Gasteiger partial charge in [-0.15, -0.1) is 0 Å². The third kappa shape index (κ3) is 3.81. The van der Waals surface area contributed by atoms with Crippen LogP contribution in [-0.4, -0.2) is 51.3 Å². The summed E-state index contributed by atoms with van der Waals surface area (Å²) in [5, 5.41) is 13.4. The van der Waals surface area contributed by atoms with E-state index in [1.54, 1.807) is 19.9 Å². The molecule has 3 rings (SSSR count). The van der Waals surface area contributed by atoms with Gasteiger partial charge in [0.2, 0.25) is 5.95 Å². The van der Waals surface area contributed by atoms with Gasteiger partial charge >= 0.3 is 0 Å². The number of nitrogens with zero attached hydrogens (tertiary/aromatic N) is 3. The first-order valence-corrected chi connectivity index (χ1v) is 8.26. The summed E-state index contributed by atoms with van der Waals surface area (Å²) >= 11 is 6.16. The molecule has 3 N–H and O–H groups in total. The van der Waals surface area contributed by atoms with Crippen molar-refractivity contribution >= 4 is 17.4 Å². The van der Waals surface area contributed by atoms with Gasteiger partial charge in [-0.2, -0.15) is 4.39 Å². The fourth-order valence-corrected chi connectivity index (χ4v) is 2.97. The number of aromatic amines is 1. The lowest BCUT2D eigenvalue weighted by Crippen LogP contribution is -2.59. The summed E-state index contributed by atoms with van der Waals surface area (Å²) in [5.74, 6) is -0.140. The Morgan fingerprint density at radius 3 is 2.92 bits per heavy atom. The second kappa shape index (κ2) is 6.70. The number of halogens is 2. The van der Waals surface area contributed by atoms with Gasteiger partial charge in [-0.05, 0) is 19.9 Å². The lowest BCUT2D eigenvalue weighted by atomic mass is 9.97. The molecule has 25 heavy (non-hydrogen) atoms. The number of nitrogens with one attached hydrogen (secondary N) is 2. The van der Waals surface area contributed by atoms with E-state index >= 15 is 0 Å². The van der Waals surface area contributed by atoms with Crippen molar-refractivity contribution in [3.63, 3.8) is 0 Å². The molecule has 9 heteroatoms.